The van der Waals surface area contributed by atoms with E-state index in [2.05, 4.69) is 5.32 Å². The summed E-state index contributed by atoms with van der Waals surface area (Å²) in [5.41, 5.74) is 1.07. The molecule has 1 aromatic rings. The maximum atomic E-state index is 12.2. The molecule has 1 heterocycles. The zero-order chi connectivity index (χ0) is 16.2. The van der Waals surface area contributed by atoms with E-state index in [0.717, 1.165) is 23.3 Å². The van der Waals surface area contributed by atoms with E-state index in [-0.39, 0.29) is 25.4 Å². The quantitative estimate of drug-likeness (QED) is 0.789. The molecule has 0 spiro atoms. The Balaban J connectivity index is 2.00. The predicted molar refractivity (Wildman–Crippen MR) is 80.0 cm³/mol. The smallest absolute Gasteiger partial charge is 0.305 e. The molecule has 1 aromatic carbocycles. The Morgan fingerprint density at radius 2 is 2.23 bits per heavy atom. The van der Waals surface area contributed by atoms with E-state index in [1.54, 1.807) is 6.92 Å². The van der Waals surface area contributed by atoms with E-state index in [0.29, 0.717) is 6.61 Å². The summed E-state index contributed by atoms with van der Waals surface area (Å²) in [5, 5.41) is 11.7. The number of methoxy groups -OCH3 is 1. The Hall–Kier alpha value is -2.08. The summed E-state index contributed by atoms with van der Waals surface area (Å²) in [4.78, 5) is 23.1. The van der Waals surface area contributed by atoms with Gasteiger partial charge in [-0.2, -0.15) is 0 Å². The number of hydrogen-bond donors (Lipinski definition) is 2. The summed E-state index contributed by atoms with van der Waals surface area (Å²) in [6.45, 7) is 2.48. The number of benzene rings is 1. The third kappa shape index (κ3) is 4.21. The molecule has 0 saturated heterocycles. The van der Waals surface area contributed by atoms with Crippen molar-refractivity contribution in [3.05, 3.63) is 29.3 Å². The van der Waals surface area contributed by atoms with Crippen molar-refractivity contribution < 1.29 is 24.2 Å². The molecule has 2 rings (SSSR count). The summed E-state index contributed by atoms with van der Waals surface area (Å²) in [6.07, 6.45) is 0.863. The van der Waals surface area contributed by atoms with Crippen molar-refractivity contribution in [2.24, 2.45) is 0 Å². The second-order valence-electron chi connectivity index (χ2n) is 5.83. The second kappa shape index (κ2) is 6.79. The molecule has 2 N–H and O–H groups in total. The van der Waals surface area contributed by atoms with Crippen LogP contribution in [0.25, 0.3) is 0 Å². The number of hydrogen-bond acceptors (Lipinski definition) is 4. The van der Waals surface area contributed by atoms with E-state index < -0.39 is 11.5 Å². The van der Waals surface area contributed by atoms with Crippen LogP contribution in [0.1, 0.15) is 24.5 Å². The lowest BCUT2D eigenvalue weighted by molar-refractivity contribution is -0.139. The first-order valence-corrected chi connectivity index (χ1v) is 7.18. The van der Waals surface area contributed by atoms with Gasteiger partial charge in [-0.05, 0) is 24.1 Å². The van der Waals surface area contributed by atoms with Crippen molar-refractivity contribution in [3.63, 3.8) is 0 Å². The summed E-state index contributed by atoms with van der Waals surface area (Å²) >= 11 is 0. The Bertz CT molecular complexity index is 572. The lowest BCUT2D eigenvalue weighted by atomic mass is 9.98. The molecule has 0 aliphatic carbocycles. The minimum atomic E-state index is -0.977. The van der Waals surface area contributed by atoms with Gasteiger partial charge < -0.3 is 19.9 Å². The lowest BCUT2D eigenvalue weighted by Crippen LogP contribution is -2.51. The fourth-order valence-electron chi connectivity index (χ4n) is 2.70. The van der Waals surface area contributed by atoms with Gasteiger partial charge in [-0.25, -0.2) is 0 Å². The molecule has 1 atom stereocenters. The van der Waals surface area contributed by atoms with Crippen molar-refractivity contribution in [1.29, 1.82) is 0 Å². The normalized spacial score (nSPS) is 15.5. The molecular weight excluding hydrogens is 286 g/mol. The van der Waals surface area contributed by atoms with E-state index in [9.17, 15) is 9.59 Å². The number of nitrogens with one attached hydrogen (secondary N) is 1. The van der Waals surface area contributed by atoms with Crippen LogP contribution in [0.4, 0.5) is 0 Å². The average Bonchev–Trinajstić information content (AvgIpc) is 2.84. The van der Waals surface area contributed by atoms with Crippen molar-refractivity contribution >= 4 is 11.9 Å². The zero-order valence-electron chi connectivity index (χ0n) is 12.8. The van der Waals surface area contributed by atoms with Gasteiger partial charge >= 0.3 is 5.97 Å². The van der Waals surface area contributed by atoms with E-state index in [4.69, 9.17) is 14.6 Å². The number of carboxylic acid groups (broad SMARTS) is 1. The Labute approximate surface area is 129 Å². The van der Waals surface area contributed by atoms with Gasteiger partial charge in [-0.3, -0.25) is 9.59 Å². The number of carbonyl (C=O) groups is 2. The van der Waals surface area contributed by atoms with Gasteiger partial charge in [-0.15, -0.1) is 0 Å². The van der Waals surface area contributed by atoms with Gasteiger partial charge in [0.2, 0.25) is 5.91 Å². The molecule has 1 unspecified atom stereocenters. The van der Waals surface area contributed by atoms with Gasteiger partial charge in [0.1, 0.15) is 5.75 Å². The number of rotatable bonds is 7. The number of ether oxygens (including phenoxy) is 2. The first kappa shape index (κ1) is 16.3. The monoisotopic (exact) mass is 307 g/mol. The van der Waals surface area contributed by atoms with Crippen molar-refractivity contribution in [2.75, 3.05) is 20.3 Å². The molecule has 0 aromatic heterocycles. The average molecular weight is 307 g/mol. The van der Waals surface area contributed by atoms with Gasteiger partial charge in [0.05, 0.1) is 31.6 Å². The number of carbonyl (C=O) groups excluding carboxylic acids is 1. The maximum Gasteiger partial charge on any atom is 0.305 e. The molecule has 6 nitrogen and oxygen atoms in total. The highest BCUT2D eigenvalue weighted by Crippen LogP contribution is 2.26. The SMILES string of the molecule is COCC(C)(CC(=O)O)NC(=O)Cc1ccc2c(c1)CCO2. The fraction of sp³-hybridized carbons (Fsp3) is 0.500. The van der Waals surface area contributed by atoms with Gasteiger partial charge in [0.15, 0.2) is 0 Å². The van der Waals surface area contributed by atoms with Crippen LogP contribution in [0.2, 0.25) is 0 Å². The fourth-order valence-corrected chi connectivity index (χ4v) is 2.70. The summed E-state index contributed by atoms with van der Waals surface area (Å²) in [6, 6.07) is 5.69. The van der Waals surface area contributed by atoms with Crippen LogP contribution >= 0.6 is 0 Å². The molecule has 0 saturated carbocycles. The summed E-state index contributed by atoms with van der Waals surface area (Å²) in [7, 11) is 1.48. The lowest BCUT2D eigenvalue weighted by Gasteiger charge is -2.28. The molecule has 6 heteroatoms. The third-order valence-corrected chi connectivity index (χ3v) is 3.56. The highest BCUT2D eigenvalue weighted by atomic mass is 16.5. The van der Waals surface area contributed by atoms with Crippen LogP contribution in [0.5, 0.6) is 5.75 Å². The van der Waals surface area contributed by atoms with Crippen molar-refractivity contribution in [2.45, 2.75) is 31.7 Å². The van der Waals surface area contributed by atoms with Crippen LogP contribution in [0.3, 0.4) is 0 Å². The molecule has 120 valence electrons. The van der Waals surface area contributed by atoms with Gasteiger partial charge in [0.25, 0.3) is 0 Å². The Kier molecular flexibility index (Phi) is 5.03. The van der Waals surface area contributed by atoms with Crippen LogP contribution in [0.15, 0.2) is 18.2 Å². The number of carboxylic acids is 1. The zero-order valence-corrected chi connectivity index (χ0v) is 12.8. The van der Waals surface area contributed by atoms with Crippen LogP contribution in [-0.4, -0.2) is 42.8 Å². The topological polar surface area (TPSA) is 84.9 Å². The molecule has 1 aliphatic rings. The molecule has 22 heavy (non-hydrogen) atoms. The third-order valence-electron chi connectivity index (χ3n) is 3.56. The number of amides is 1. The highest BCUT2D eigenvalue weighted by Gasteiger charge is 2.29. The molecule has 1 aliphatic heterocycles. The number of fused-ring (bicyclic) bond motifs is 1. The first-order chi connectivity index (χ1) is 10.4. The summed E-state index contributed by atoms with van der Waals surface area (Å²) in [5.74, 6) is -0.326. The minimum absolute atomic E-state index is 0.142. The molecule has 0 bridgehead atoms. The van der Waals surface area contributed by atoms with E-state index in [1.165, 1.54) is 7.11 Å². The second-order valence-corrected chi connectivity index (χ2v) is 5.83. The first-order valence-electron chi connectivity index (χ1n) is 7.18. The molecule has 0 radical (unpaired) electrons. The Morgan fingerprint density at radius 3 is 2.91 bits per heavy atom. The standard InChI is InChI=1S/C16H21NO5/c1-16(10-21-2,9-15(19)20)17-14(18)8-11-3-4-13-12(7-11)5-6-22-13/h3-4,7H,5-6,8-10H2,1-2H3,(H,17,18)(H,19,20). The van der Waals surface area contributed by atoms with Crippen molar-refractivity contribution in [1.82, 2.24) is 5.32 Å². The van der Waals surface area contributed by atoms with Crippen molar-refractivity contribution in [3.8, 4) is 5.75 Å². The predicted octanol–water partition coefficient (Wildman–Crippen LogP) is 1.16. The van der Waals surface area contributed by atoms with E-state index >= 15 is 0 Å². The maximum absolute atomic E-state index is 12.2. The highest BCUT2D eigenvalue weighted by molar-refractivity contribution is 5.80. The largest absolute Gasteiger partial charge is 0.493 e. The van der Waals surface area contributed by atoms with Gasteiger partial charge in [0, 0.05) is 13.5 Å². The van der Waals surface area contributed by atoms with Gasteiger partial charge in [-0.1, -0.05) is 12.1 Å². The molecule has 0 fully saturated rings. The van der Waals surface area contributed by atoms with Crippen LogP contribution in [0, 0.1) is 0 Å². The van der Waals surface area contributed by atoms with E-state index in [1.807, 2.05) is 18.2 Å². The number of aliphatic carboxylic acids is 1. The minimum Gasteiger partial charge on any atom is -0.493 e. The summed E-state index contributed by atoms with van der Waals surface area (Å²) < 4.78 is 10.5. The van der Waals surface area contributed by atoms with Crippen LogP contribution < -0.4 is 10.1 Å². The molecule has 1 amide bonds. The van der Waals surface area contributed by atoms with Crippen LogP contribution in [-0.2, 0) is 27.2 Å². The molecular formula is C16H21NO5. The Morgan fingerprint density at radius 1 is 1.45 bits per heavy atom.